The predicted molar refractivity (Wildman–Crippen MR) is 112 cm³/mol. The van der Waals surface area contributed by atoms with Crippen molar-refractivity contribution in [2.75, 3.05) is 25.6 Å². The van der Waals surface area contributed by atoms with Crippen molar-refractivity contribution in [1.29, 1.82) is 0 Å². The summed E-state index contributed by atoms with van der Waals surface area (Å²) < 4.78 is 7.35. The lowest BCUT2D eigenvalue weighted by Gasteiger charge is -2.19. The van der Waals surface area contributed by atoms with Gasteiger partial charge in [0.05, 0.1) is 18.4 Å². The standard InChI is InChI=1S/C22H28N4O2/c1-5-6-13-25(3)22-16(2)24-20-12-11-18(15-26(20)22)21(27)23-14-17-9-7-8-10-19(17)28-4/h7-12,15H,5-6,13-14H2,1-4H3,(H,23,27). The second-order valence-electron chi connectivity index (χ2n) is 6.94. The molecule has 0 aliphatic carbocycles. The monoisotopic (exact) mass is 380 g/mol. The van der Waals surface area contributed by atoms with E-state index in [0.717, 1.165) is 47.9 Å². The van der Waals surface area contributed by atoms with E-state index in [2.05, 4.69) is 29.2 Å². The number of aryl methyl sites for hydroxylation is 1. The third-order valence-electron chi connectivity index (χ3n) is 4.86. The fraction of sp³-hybridized carbons (Fsp3) is 0.364. The van der Waals surface area contributed by atoms with E-state index in [9.17, 15) is 4.79 Å². The number of nitrogens with zero attached hydrogens (tertiary/aromatic N) is 3. The SMILES string of the molecule is CCCCN(C)c1c(C)nc2ccc(C(=O)NCc3ccccc3OC)cn12. The van der Waals surface area contributed by atoms with Crippen LogP contribution in [0.3, 0.4) is 0 Å². The molecule has 1 amide bonds. The smallest absolute Gasteiger partial charge is 0.253 e. The molecular weight excluding hydrogens is 352 g/mol. The minimum absolute atomic E-state index is 0.124. The highest BCUT2D eigenvalue weighted by molar-refractivity contribution is 5.94. The van der Waals surface area contributed by atoms with Crippen molar-refractivity contribution in [2.24, 2.45) is 0 Å². The zero-order valence-corrected chi connectivity index (χ0v) is 17.0. The molecule has 1 aromatic carbocycles. The van der Waals surface area contributed by atoms with Gasteiger partial charge in [0.15, 0.2) is 0 Å². The molecule has 0 aliphatic rings. The fourth-order valence-electron chi connectivity index (χ4n) is 3.37. The highest BCUT2D eigenvalue weighted by Gasteiger charge is 2.15. The highest BCUT2D eigenvalue weighted by Crippen LogP contribution is 2.22. The largest absolute Gasteiger partial charge is 0.496 e. The number of para-hydroxylation sites is 1. The molecule has 6 heteroatoms. The average Bonchev–Trinajstić information content (AvgIpc) is 3.05. The Morgan fingerprint density at radius 2 is 2.04 bits per heavy atom. The number of hydrogen-bond donors (Lipinski definition) is 1. The molecule has 0 atom stereocenters. The second-order valence-corrected chi connectivity index (χ2v) is 6.94. The van der Waals surface area contributed by atoms with Gasteiger partial charge in [-0.3, -0.25) is 9.20 Å². The summed E-state index contributed by atoms with van der Waals surface area (Å²) in [5.41, 5.74) is 3.35. The fourth-order valence-corrected chi connectivity index (χ4v) is 3.37. The molecule has 0 aliphatic heterocycles. The van der Waals surface area contributed by atoms with E-state index >= 15 is 0 Å². The molecular formula is C22H28N4O2. The number of rotatable bonds is 8. The third-order valence-corrected chi connectivity index (χ3v) is 4.86. The Kier molecular flexibility index (Phi) is 6.19. The lowest BCUT2D eigenvalue weighted by Crippen LogP contribution is -2.24. The summed E-state index contributed by atoms with van der Waals surface area (Å²) in [5, 5.41) is 2.98. The Bertz CT molecular complexity index is 964. The number of aromatic nitrogens is 2. The lowest BCUT2D eigenvalue weighted by molar-refractivity contribution is 0.0950. The van der Waals surface area contributed by atoms with E-state index in [0.29, 0.717) is 12.1 Å². The molecule has 2 aromatic heterocycles. The molecule has 0 radical (unpaired) electrons. The summed E-state index contributed by atoms with van der Waals surface area (Å²) in [6.45, 7) is 5.55. The normalized spacial score (nSPS) is 10.9. The first kappa shape index (κ1) is 19.7. The van der Waals surface area contributed by atoms with Crippen molar-refractivity contribution in [3.8, 4) is 5.75 Å². The van der Waals surface area contributed by atoms with Crippen LogP contribution >= 0.6 is 0 Å². The summed E-state index contributed by atoms with van der Waals surface area (Å²) in [4.78, 5) is 19.6. The number of ether oxygens (including phenoxy) is 1. The van der Waals surface area contributed by atoms with Gasteiger partial charge in [-0.15, -0.1) is 0 Å². The molecule has 0 saturated heterocycles. The van der Waals surface area contributed by atoms with E-state index in [1.807, 2.05) is 53.9 Å². The van der Waals surface area contributed by atoms with Crippen LogP contribution in [0, 0.1) is 6.92 Å². The van der Waals surface area contributed by atoms with Gasteiger partial charge in [0.2, 0.25) is 0 Å². The number of anilines is 1. The number of carbonyl (C=O) groups excluding carboxylic acids is 1. The van der Waals surface area contributed by atoms with Crippen LogP contribution in [-0.2, 0) is 6.54 Å². The van der Waals surface area contributed by atoms with Crippen LogP contribution in [0.2, 0.25) is 0 Å². The molecule has 28 heavy (non-hydrogen) atoms. The first-order valence-corrected chi connectivity index (χ1v) is 9.65. The number of imidazole rings is 1. The molecule has 0 spiro atoms. The lowest BCUT2D eigenvalue weighted by atomic mass is 10.2. The second kappa shape index (κ2) is 8.78. The van der Waals surface area contributed by atoms with Gasteiger partial charge in [-0.05, 0) is 31.5 Å². The molecule has 1 N–H and O–H groups in total. The van der Waals surface area contributed by atoms with Crippen molar-refractivity contribution >= 4 is 17.4 Å². The first-order chi connectivity index (χ1) is 13.5. The number of methoxy groups -OCH3 is 1. The maximum absolute atomic E-state index is 12.7. The summed E-state index contributed by atoms with van der Waals surface area (Å²) in [5.74, 6) is 1.67. The van der Waals surface area contributed by atoms with E-state index in [1.165, 1.54) is 0 Å². The number of amides is 1. The van der Waals surface area contributed by atoms with Crippen LogP contribution in [0.25, 0.3) is 5.65 Å². The van der Waals surface area contributed by atoms with Crippen LogP contribution in [0.5, 0.6) is 5.75 Å². The molecule has 2 heterocycles. The Balaban J connectivity index is 1.82. The highest BCUT2D eigenvalue weighted by atomic mass is 16.5. The minimum atomic E-state index is -0.124. The minimum Gasteiger partial charge on any atom is -0.496 e. The first-order valence-electron chi connectivity index (χ1n) is 9.65. The number of pyridine rings is 1. The van der Waals surface area contributed by atoms with Crippen LogP contribution in [0.4, 0.5) is 5.82 Å². The van der Waals surface area contributed by atoms with Gasteiger partial charge in [0.1, 0.15) is 17.2 Å². The Morgan fingerprint density at radius 1 is 1.25 bits per heavy atom. The Morgan fingerprint density at radius 3 is 2.79 bits per heavy atom. The number of benzene rings is 1. The van der Waals surface area contributed by atoms with Gasteiger partial charge >= 0.3 is 0 Å². The van der Waals surface area contributed by atoms with Crippen molar-refractivity contribution in [1.82, 2.24) is 14.7 Å². The Labute approximate surface area is 166 Å². The predicted octanol–water partition coefficient (Wildman–Crippen LogP) is 3.82. The maximum Gasteiger partial charge on any atom is 0.253 e. The summed E-state index contributed by atoms with van der Waals surface area (Å²) in [7, 11) is 3.70. The van der Waals surface area contributed by atoms with E-state index in [-0.39, 0.29) is 5.91 Å². The number of hydrogen-bond acceptors (Lipinski definition) is 4. The number of fused-ring (bicyclic) bond motifs is 1. The summed E-state index contributed by atoms with van der Waals surface area (Å²) >= 11 is 0. The molecule has 0 saturated carbocycles. The van der Waals surface area contributed by atoms with Gasteiger partial charge in [0, 0.05) is 31.9 Å². The molecule has 148 valence electrons. The number of carbonyl (C=O) groups is 1. The van der Waals surface area contributed by atoms with Gasteiger partial charge in [-0.2, -0.15) is 0 Å². The molecule has 3 aromatic rings. The molecule has 6 nitrogen and oxygen atoms in total. The van der Waals surface area contributed by atoms with Crippen LogP contribution < -0.4 is 15.0 Å². The third kappa shape index (κ3) is 4.11. The van der Waals surface area contributed by atoms with Gasteiger partial charge in [-0.1, -0.05) is 31.5 Å². The van der Waals surface area contributed by atoms with Crippen LogP contribution in [-0.4, -0.2) is 36.0 Å². The van der Waals surface area contributed by atoms with Crippen molar-refractivity contribution in [3.05, 3.63) is 59.4 Å². The average molecular weight is 380 g/mol. The summed E-state index contributed by atoms with van der Waals surface area (Å²) in [6.07, 6.45) is 4.11. The van der Waals surface area contributed by atoms with E-state index in [1.54, 1.807) is 7.11 Å². The van der Waals surface area contributed by atoms with Gasteiger partial charge in [0.25, 0.3) is 5.91 Å². The molecule has 3 rings (SSSR count). The molecule has 0 unspecified atom stereocenters. The Hall–Kier alpha value is -3.02. The van der Waals surface area contributed by atoms with Crippen LogP contribution in [0.15, 0.2) is 42.6 Å². The quantitative estimate of drug-likeness (QED) is 0.645. The molecule has 0 fully saturated rings. The number of nitrogens with one attached hydrogen (secondary N) is 1. The van der Waals surface area contributed by atoms with E-state index in [4.69, 9.17) is 4.74 Å². The van der Waals surface area contributed by atoms with Gasteiger partial charge < -0.3 is 15.0 Å². The van der Waals surface area contributed by atoms with Crippen LogP contribution in [0.1, 0.15) is 41.4 Å². The topological polar surface area (TPSA) is 58.9 Å². The van der Waals surface area contributed by atoms with Crippen molar-refractivity contribution in [3.63, 3.8) is 0 Å². The van der Waals surface area contributed by atoms with Crippen molar-refractivity contribution in [2.45, 2.75) is 33.2 Å². The zero-order valence-electron chi connectivity index (χ0n) is 17.0. The molecule has 0 bridgehead atoms. The van der Waals surface area contributed by atoms with Gasteiger partial charge in [-0.25, -0.2) is 4.98 Å². The number of unbranched alkanes of at least 4 members (excludes halogenated alkanes) is 1. The van der Waals surface area contributed by atoms with E-state index < -0.39 is 0 Å². The summed E-state index contributed by atoms with van der Waals surface area (Å²) in [6, 6.07) is 11.4. The maximum atomic E-state index is 12.7. The zero-order chi connectivity index (χ0) is 20.1. The van der Waals surface area contributed by atoms with Crippen molar-refractivity contribution < 1.29 is 9.53 Å².